The van der Waals surface area contributed by atoms with Crippen LogP contribution in [-0.4, -0.2) is 72.1 Å². The van der Waals surface area contributed by atoms with E-state index >= 15 is 0 Å². The van der Waals surface area contributed by atoms with Crippen LogP contribution in [0.25, 0.3) is 5.82 Å². The molecule has 9 heteroatoms. The SMILES string of the molecule is Cc1cncc(CN2CCN(CCn3nc(-n4cccn4)ccc3=O)CC2)n1. The van der Waals surface area contributed by atoms with Gasteiger partial charge in [0, 0.05) is 70.1 Å². The van der Waals surface area contributed by atoms with Gasteiger partial charge in [0.25, 0.3) is 5.56 Å². The average molecular weight is 380 g/mol. The van der Waals surface area contributed by atoms with E-state index in [0.717, 1.165) is 50.7 Å². The third kappa shape index (κ3) is 4.49. The Balaban J connectivity index is 1.30. The average Bonchev–Trinajstić information content (AvgIpc) is 3.23. The Bertz CT molecular complexity index is 960. The number of nitrogens with zero attached hydrogens (tertiary/aromatic N) is 8. The topological polar surface area (TPSA) is 85.0 Å². The summed E-state index contributed by atoms with van der Waals surface area (Å²) in [6, 6.07) is 5.07. The first-order chi connectivity index (χ1) is 13.7. The van der Waals surface area contributed by atoms with E-state index in [9.17, 15) is 4.79 Å². The summed E-state index contributed by atoms with van der Waals surface area (Å²) in [6.45, 7) is 8.04. The minimum Gasteiger partial charge on any atom is -0.299 e. The van der Waals surface area contributed by atoms with E-state index in [2.05, 4.69) is 30.0 Å². The number of aromatic nitrogens is 6. The normalized spacial score (nSPS) is 15.8. The van der Waals surface area contributed by atoms with Gasteiger partial charge in [-0.1, -0.05) is 0 Å². The van der Waals surface area contributed by atoms with E-state index in [1.54, 1.807) is 29.2 Å². The molecule has 0 aromatic carbocycles. The molecule has 1 aliphatic heterocycles. The van der Waals surface area contributed by atoms with Crippen molar-refractivity contribution in [2.75, 3.05) is 32.7 Å². The van der Waals surface area contributed by atoms with Crippen LogP contribution in [0.2, 0.25) is 0 Å². The fraction of sp³-hybridized carbons (Fsp3) is 0.421. The van der Waals surface area contributed by atoms with Gasteiger partial charge in [-0.3, -0.25) is 24.6 Å². The van der Waals surface area contributed by atoms with Gasteiger partial charge in [-0.15, -0.1) is 5.10 Å². The summed E-state index contributed by atoms with van der Waals surface area (Å²) in [5.74, 6) is 0.647. The molecule has 0 atom stereocenters. The minimum atomic E-state index is -0.0902. The predicted molar refractivity (Wildman–Crippen MR) is 104 cm³/mol. The standard InChI is InChI=1S/C19H24N8O/c1-16-13-20-14-17(22-16)15-25-9-7-24(8-10-25)11-12-27-19(28)4-3-18(23-27)26-6-2-5-21-26/h2-6,13-14H,7-12,15H2,1H3. The van der Waals surface area contributed by atoms with Crippen molar-refractivity contribution in [3.8, 4) is 5.82 Å². The van der Waals surface area contributed by atoms with Crippen LogP contribution in [0, 0.1) is 6.92 Å². The molecule has 4 heterocycles. The smallest absolute Gasteiger partial charge is 0.266 e. The van der Waals surface area contributed by atoms with E-state index in [0.29, 0.717) is 12.4 Å². The van der Waals surface area contributed by atoms with Crippen LogP contribution < -0.4 is 5.56 Å². The van der Waals surface area contributed by atoms with Gasteiger partial charge < -0.3 is 0 Å². The van der Waals surface area contributed by atoms with Crippen LogP contribution in [0.1, 0.15) is 11.4 Å². The van der Waals surface area contributed by atoms with E-state index in [1.807, 2.05) is 25.4 Å². The Morgan fingerprint density at radius 3 is 2.61 bits per heavy atom. The van der Waals surface area contributed by atoms with E-state index < -0.39 is 0 Å². The van der Waals surface area contributed by atoms with E-state index in [1.165, 1.54) is 4.68 Å². The van der Waals surface area contributed by atoms with Crippen LogP contribution in [0.3, 0.4) is 0 Å². The lowest BCUT2D eigenvalue weighted by Crippen LogP contribution is -2.47. The number of hydrogen-bond acceptors (Lipinski definition) is 7. The summed E-state index contributed by atoms with van der Waals surface area (Å²) >= 11 is 0. The number of rotatable bonds is 6. The molecule has 3 aromatic rings. The van der Waals surface area contributed by atoms with Crippen molar-refractivity contribution in [1.82, 2.24) is 39.3 Å². The predicted octanol–water partition coefficient (Wildman–Crippen LogP) is 0.345. The maximum absolute atomic E-state index is 12.1. The van der Waals surface area contributed by atoms with Crippen molar-refractivity contribution in [1.29, 1.82) is 0 Å². The molecule has 0 amide bonds. The summed E-state index contributed by atoms with van der Waals surface area (Å²) in [4.78, 5) is 25.6. The molecule has 9 nitrogen and oxygen atoms in total. The molecule has 1 aliphatic rings. The van der Waals surface area contributed by atoms with Gasteiger partial charge in [0.05, 0.1) is 17.9 Å². The zero-order valence-electron chi connectivity index (χ0n) is 16.0. The van der Waals surface area contributed by atoms with Crippen LogP contribution in [0.15, 0.2) is 47.8 Å². The molecular formula is C19H24N8O. The quantitative estimate of drug-likeness (QED) is 0.610. The molecule has 146 valence electrons. The van der Waals surface area contributed by atoms with Gasteiger partial charge in [-0.25, -0.2) is 9.36 Å². The molecule has 1 fully saturated rings. The monoisotopic (exact) mass is 380 g/mol. The Labute approximate surface area is 163 Å². The second-order valence-electron chi connectivity index (χ2n) is 6.97. The molecule has 4 rings (SSSR count). The van der Waals surface area contributed by atoms with Crippen molar-refractivity contribution < 1.29 is 0 Å². The zero-order valence-corrected chi connectivity index (χ0v) is 16.0. The Morgan fingerprint density at radius 1 is 1.04 bits per heavy atom. The summed E-state index contributed by atoms with van der Waals surface area (Å²) in [7, 11) is 0. The first-order valence-corrected chi connectivity index (χ1v) is 9.48. The van der Waals surface area contributed by atoms with Gasteiger partial charge in [-0.05, 0) is 19.1 Å². The summed E-state index contributed by atoms with van der Waals surface area (Å²) in [5.41, 5.74) is 1.87. The maximum Gasteiger partial charge on any atom is 0.266 e. The number of hydrogen-bond donors (Lipinski definition) is 0. The van der Waals surface area contributed by atoms with Crippen LogP contribution in [0.4, 0.5) is 0 Å². The lowest BCUT2D eigenvalue weighted by atomic mass is 10.3. The molecule has 0 bridgehead atoms. The second-order valence-corrected chi connectivity index (χ2v) is 6.97. The number of piperazine rings is 1. The van der Waals surface area contributed by atoms with Crippen molar-refractivity contribution in [2.24, 2.45) is 0 Å². The molecule has 3 aromatic heterocycles. The van der Waals surface area contributed by atoms with Gasteiger partial charge >= 0.3 is 0 Å². The fourth-order valence-electron chi connectivity index (χ4n) is 3.35. The molecule has 0 spiro atoms. The van der Waals surface area contributed by atoms with E-state index in [-0.39, 0.29) is 5.56 Å². The van der Waals surface area contributed by atoms with Crippen molar-refractivity contribution in [3.05, 3.63) is 64.7 Å². The lowest BCUT2D eigenvalue weighted by molar-refractivity contribution is 0.121. The van der Waals surface area contributed by atoms with Crippen LogP contribution in [-0.2, 0) is 13.1 Å². The van der Waals surface area contributed by atoms with Gasteiger partial charge in [0.15, 0.2) is 5.82 Å². The van der Waals surface area contributed by atoms with Gasteiger partial charge in [0.2, 0.25) is 0 Å². The molecule has 0 N–H and O–H groups in total. The van der Waals surface area contributed by atoms with Crippen molar-refractivity contribution in [2.45, 2.75) is 20.0 Å². The molecule has 0 unspecified atom stereocenters. The fourth-order valence-corrected chi connectivity index (χ4v) is 3.35. The highest BCUT2D eigenvalue weighted by Gasteiger charge is 2.17. The summed E-state index contributed by atoms with van der Waals surface area (Å²) in [5, 5.41) is 8.60. The Morgan fingerprint density at radius 2 is 1.86 bits per heavy atom. The lowest BCUT2D eigenvalue weighted by Gasteiger charge is -2.34. The number of aryl methyl sites for hydroxylation is 1. The first-order valence-electron chi connectivity index (χ1n) is 9.48. The Hall–Kier alpha value is -2.91. The van der Waals surface area contributed by atoms with Crippen LogP contribution >= 0.6 is 0 Å². The molecule has 1 saturated heterocycles. The minimum absolute atomic E-state index is 0.0902. The third-order valence-electron chi connectivity index (χ3n) is 4.88. The molecule has 0 radical (unpaired) electrons. The highest BCUT2D eigenvalue weighted by Crippen LogP contribution is 2.07. The van der Waals surface area contributed by atoms with Gasteiger partial charge in [0.1, 0.15) is 0 Å². The van der Waals surface area contributed by atoms with Gasteiger partial charge in [-0.2, -0.15) is 5.10 Å². The van der Waals surface area contributed by atoms with Crippen molar-refractivity contribution >= 4 is 0 Å². The second kappa shape index (κ2) is 8.41. The van der Waals surface area contributed by atoms with Crippen LogP contribution in [0.5, 0.6) is 0 Å². The third-order valence-corrected chi connectivity index (χ3v) is 4.88. The summed E-state index contributed by atoms with van der Waals surface area (Å²) in [6.07, 6.45) is 7.12. The molecule has 0 aliphatic carbocycles. The highest BCUT2D eigenvalue weighted by atomic mass is 16.1. The molecule has 0 saturated carbocycles. The highest BCUT2D eigenvalue weighted by molar-refractivity contribution is 5.17. The molecular weight excluding hydrogens is 356 g/mol. The maximum atomic E-state index is 12.1. The first kappa shape index (κ1) is 18.5. The Kier molecular flexibility index (Phi) is 5.54. The summed E-state index contributed by atoms with van der Waals surface area (Å²) < 4.78 is 3.18. The zero-order chi connectivity index (χ0) is 19.3. The molecule has 28 heavy (non-hydrogen) atoms. The largest absolute Gasteiger partial charge is 0.299 e. The van der Waals surface area contributed by atoms with Crippen molar-refractivity contribution in [3.63, 3.8) is 0 Å². The van der Waals surface area contributed by atoms with E-state index in [4.69, 9.17) is 0 Å².